The quantitative estimate of drug-likeness (QED) is 0.0210. The molecule has 22 heteroatoms. The molecule has 1 aliphatic rings. The number of imide groups is 1. The summed E-state index contributed by atoms with van der Waals surface area (Å²) in [5, 5.41) is 24.0. The van der Waals surface area contributed by atoms with Crippen LogP contribution in [0.15, 0.2) is 41.1 Å². The third-order valence-electron chi connectivity index (χ3n) is 10.9. The number of rotatable bonds is 8. The van der Waals surface area contributed by atoms with Crippen LogP contribution in [0, 0.1) is 69.6 Å². The van der Waals surface area contributed by atoms with E-state index >= 15 is 0 Å². The summed E-state index contributed by atoms with van der Waals surface area (Å²) in [5.74, 6) is 1.39. The van der Waals surface area contributed by atoms with Gasteiger partial charge in [0, 0.05) is 25.6 Å². The molecule has 0 aliphatic carbocycles. The molecule has 0 spiro atoms. The number of hydrogen-bond acceptors (Lipinski definition) is 18. The molecule has 1 saturated heterocycles. The second kappa shape index (κ2) is 43.3. The molecule has 5 aromatic heterocycles. The zero-order valence-electron chi connectivity index (χ0n) is 50.6. The van der Waals surface area contributed by atoms with Gasteiger partial charge in [-0.25, -0.2) is 18.9 Å². The van der Waals surface area contributed by atoms with Crippen molar-refractivity contribution >= 4 is 78.6 Å². The molecule has 0 atom stereocenters. The fraction of sp³-hybridized carbons (Fsp3) is 0.475. The molecule has 6 rings (SSSR count). The smallest absolute Gasteiger partial charge is 0.512 e. The standard InChI is InChI=1S/C12H21N3.C10H13N3.C10H14N2O.C9H13BrN2.C9H14N2.C4H4BrNO2.C2H7N.2CN.CH4.Zn/c1-8(2)12-11(13)9(3)6-10(14-12)7-15(4)5;1-6(2)10-9(12)7(3)4-8(5-11)13-10;1-6(2)10-9(11)7(3)4-8(5-13)12-10;1-5(2)9-8(11)6(3)4-7(10)12-9;1-6(2)9-8(10)7(3)4-5-11-9;5-6-3(7)1-2-4(6)8;1-3-2;2*1-2;;/h6,8H,7,13H2,1-5H3;4,6H,12H2,1-3H3;4-6H,11H2,1-3H3;4-5H,11H2,1-3H3;4-6H,10H2,1-3H3;1-2H2;3H,1-2H3;;;1H4;/q;;;;;;;2*-1;;+2. The molecule has 0 saturated carbocycles. The molecule has 81 heavy (non-hydrogen) atoms. The van der Waals surface area contributed by atoms with Gasteiger partial charge in [-0.1, -0.05) is 76.7 Å². The van der Waals surface area contributed by atoms with Crippen LogP contribution in [-0.4, -0.2) is 80.0 Å². The zero-order valence-corrected chi connectivity index (χ0v) is 56.7. The summed E-state index contributed by atoms with van der Waals surface area (Å²) in [6, 6.07) is 11.4. The first-order valence-electron chi connectivity index (χ1n) is 25.3. The molecule has 19 nitrogen and oxygen atoms in total. The van der Waals surface area contributed by atoms with E-state index in [1.165, 1.54) is 0 Å². The molecule has 0 aromatic carbocycles. The van der Waals surface area contributed by atoms with Crippen LogP contribution < -0.4 is 34.0 Å². The number of nitrogens with two attached hydrogens (primary N) is 5. The number of aryl methyl sites for hydroxylation is 5. The third kappa shape index (κ3) is 29.7. The number of nitrogens with zero attached hydrogens (tertiary/aromatic N) is 10. The van der Waals surface area contributed by atoms with Crippen molar-refractivity contribution in [3.8, 4) is 6.07 Å². The number of aromatic nitrogens is 5. The summed E-state index contributed by atoms with van der Waals surface area (Å²) in [6.07, 6.45) is 3.26. The second-order valence-electron chi connectivity index (χ2n) is 19.8. The van der Waals surface area contributed by atoms with Crippen molar-refractivity contribution < 1.29 is 33.9 Å². The molecule has 2 amide bonds. The minimum absolute atomic E-state index is 0. The van der Waals surface area contributed by atoms with Crippen LogP contribution in [-0.2, 0) is 35.6 Å². The van der Waals surface area contributed by atoms with Gasteiger partial charge in [-0.05, 0) is 166 Å². The number of carbonyl (C=O) groups is 3. The Morgan fingerprint density at radius 2 is 0.975 bits per heavy atom. The van der Waals surface area contributed by atoms with Crippen molar-refractivity contribution in [1.29, 1.82) is 15.8 Å². The topological polar surface area (TPSA) is 336 Å². The van der Waals surface area contributed by atoms with E-state index in [4.69, 9.17) is 57.6 Å². The molecular formula is C59H90Br2N16O3Zn. The fourth-order valence-corrected chi connectivity index (χ4v) is 7.66. The first kappa shape index (κ1) is 83.4. The minimum Gasteiger partial charge on any atom is -0.512 e. The molecule has 5 aromatic rings. The molecule has 6 heterocycles. The van der Waals surface area contributed by atoms with Gasteiger partial charge in [-0.15, -0.1) is 0 Å². The first-order valence-corrected chi connectivity index (χ1v) is 26.8. The van der Waals surface area contributed by atoms with Gasteiger partial charge in [0.1, 0.15) is 22.1 Å². The van der Waals surface area contributed by atoms with Crippen LogP contribution in [0.25, 0.3) is 0 Å². The van der Waals surface area contributed by atoms with Crippen LogP contribution >= 0.6 is 32.1 Å². The van der Waals surface area contributed by atoms with E-state index in [1.807, 2.05) is 109 Å². The largest absolute Gasteiger partial charge is 2.00 e. The van der Waals surface area contributed by atoms with E-state index in [1.54, 1.807) is 18.3 Å². The van der Waals surface area contributed by atoms with Gasteiger partial charge < -0.3 is 62.6 Å². The fourth-order valence-electron chi connectivity index (χ4n) is 6.77. The van der Waals surface area contributed by atoms with Crippen molar-refractivity contribution in [3.63, 3.8) is 0 Å². The SMILES string of the molecule is C.CNC.Cc1cc(Br)nc(C(C)C)c1N.Cc1cc(C#N)nc(C(C)C)c1N.Cc1cc(C=O)nc(C(C)C)c1N.Cc1cc(CN(C)C)nc(C(C)C)c1N.Cc1ccnc(C(C)C)c1N.O=C1CCC(=O)N1Br.[C-]#N.[C-]#N.[Zn+2]. The van der Waals surface area contributed by atoms with Crippen LogP contribution in [0.2, 0.25) is 0 Å². The molecule has 440 valence electrons. The van der Waals surface area contributed by atoms with E-state index in [0.717, 1.165) is 100 Å². The normalized spacial score (nSPS) is 10.7. The number of nitrogens with one attached hydrogen (secondary N) is 1. The number of pyridine rings is 5. The van der Waals surface area contributed by atoms with Crippen LogP contribution in [0.4, 0.5) is 28.4 Å². The maximum absolute atomic E-state index is 10.5. The Morgan fingerprint density at radius 3 is 1.32 bits per heavy atom. The molecular weight excluding hydrogens is 1210 g/mol. The summed E-state index contributed by atoms with van der Waals surface area (Å²) in [7, 11) is 7.84. The summed E-state index contributed by atoms with van der Waals surface area (Å²) >= 11 is 6.15. The Labute approximate surface area is 514 Å². The molecule has 0 unspecified atom stereocenters. The van der Waals surface area contributed by atoms with Gasteiger partial charge in [0.05, 0.1) is 78.7 Å². The van der Waals surface area contributed by atoms with Gasteiger partial charge in [0.15, 0.2) is 6.29 Å². The predicted molar refractivity (Wildman–Crippen MR) is 334 cm³/mol. The van der Waals surface area contributed by atoms with Gasteiger partial charge in [-0.3, -0.25) is 24.4 Å². The van der Waals surface area contributed by atoms with Gasteiger partial charge in [0.2, 0.25) is 11.8 Å². The number of nitriles is 1. The molecule has 1 fully saturated rings. The monoisotopic (exact) mass is 1290 g/mol. The van der Waals surface area contributed by atoms with Crippen molar-refractivity contribution in [2.45, 2.75) is 160 Å². The number of amides is 2. The zero-order chi connectivity index (χ0) is 62.2. The minimum atomic E-state index is -0.144. The molecule has 0 bridgehead atoms. The number of anilines is 5. The van der Waals surface area contributed by atoms with Gasteiger partial charge >= 0.3 is 19.5 Å². The Kier molecular flexibility index (Phi) is 44.5. The summed E-state index contributed by atoms with van der Waals surface area (Å²) in [5.41, 5.74) is 45.0. The Balaban J connectivity index is -0.000000279. The summed E-state index contributed by atoms with van der Waals surface area (Å²) < 4.78 is 1.84. The number of carbonyl (C=O) groups excluding carboxylic acids is 3. The molecule has 0 radical (unpaired) electrons. The third-order valence-corrected chi connectivity index (χ3v) is 12.1. The molecule has 1 aliphatic heterocycles. The Hall–Kier alpha value is -6.47. The van der Waals surface area contributed by atoms with E-state index in [-0.39, 0.29) is 50.6 Å². The van der Waals surface area contributed by atoms with Crippen LogP contribution in [0.1, 0.15) is 197 Å². The number of halogens is 2. The average Bonchev–Trinajstić information content (AvgIpc) is 3.68. The van der Waals surface area contributed by atoms with Gasteiger partial charge in [-0.2, -0.15) is 5.26 Å². The van der Waals surface area contributed by atoms with E-state index in [9.17, 15) is 14.4 Å². The van der Waals surface area contributed by atoms with Crippen molar-refractivity contribution in [3.05, 3.63) is 128 Å². The van der Waals surface area contributed by atoms with E-state index in [2.05, 4.69) is 115 Å². The Morgan fingerprint density at radius 1 is 0.630 bits per heavy atom. The second-order valence-corrected chi connectivity index (χ2v) is 21.3. The van der Waals surface area contributed by atoms with Crippen LogP contribution in [0.3, 0.4) is 0 Å². The van der Waals surface area contributed by atoms with E-state index < -0.39 is 0 Å². The van der Waals surface area contributed by atoms with Crippen molar-refractivity contribution in [2.24, 2.45) is 0 Å². The summed E-state index contributed by atoms with van der Waals surface area (Å²) in [6.45, 7) is 40.8. The first-order chi connectivity index (χ1) is 36.8. The maximum atomic E-state index is 10.5. The predicted octanol–water partition coefficient (Wildman–Crippen LogP) is 12.1. The number of nitrogen functional groups attached to an aromatic ring is 5. The van der Waals surface area contributed by atoms with Crippen molar-refractivity contribution in [2.75, 3.05) is 56.9 Å². The summed E-state index contributed by atoms with van der Waals surface area (Å²) in [4.78, 5) is 55.0. The maximum Gasteiger partial charge on any atom is 2.00 e. The number of hydrogen-bond donors (Lipinski definition) is 6. The Bertz CT molecular complexity index is 2770. The number of aldehydes is 1. The molecule has 11 N–H and O–H groups in total. The van der Waals surface area contributed by atoms with Crippen molar-refractivity contribution in [1.82, 2.24) is 39.1 Å². The average molecular weight is 1300 g/mol. The van der Waals surface area contributed by atoms with Crippen LogP contribution in [0.5, 0.6) is 0 Å². The van der Waals surface area contributed by atoms with E-state index in [0.29, 0.717) is 53.4 Å². The van der Waals surface area contributed by atoms with Gasteiger partial charge in [0.25, 0.3) is 0 Å².